The number of hydrogen-bond acceptors (Lipinski definition) is 4. The van der Waals surface area contributed by atoms with Gasteiger partial charge in [-0.15, -0.1) is 0 Å². The van der Waals surface area contributed by atoms with Gasteiger partial charge in [0.05, 0.1) is 24.2 Å². The molecule has 6 heteroatoms. The van der Waals surface area contributed by atoms with Crippen LogP contribution < -0.4 is 5.32 Å². The van der Waals surface area contributed by atoms with Gasteiger partial charge in [0.1, 0.15) is 5.92 Å². The molecule has 3 heterocycles. The molecule has 2 aliphatic heterocycles. The van der Waals surface area contributed by atoms with Crippen molar-refractivity contribution in [3.63, 3.8) is 0 Å². The van der Waals surface area contributed by atoms with Crippen LogP contribution in [0.15, 0.2) is 72.1 Å². The van der Waals surface area contributed by atoms with Crippen LogP contribution in [0.3, 0.4) is 0 Å². The van der Waals surface area contributed by atoms with Gasteiger partial charge in [0, 0.05) is 22.9 Å². The lowest BCUT2D eigenvalue weighted by Gasteiger charge is -2.08. The van der Waals surface area contributed by atoms with Crippen molar-refractivity contribution in [3.05, 3.63) is 78.1 Å². The van der Waals surface area contributed by atoms with Crippen molar-refractivity contribution in [2.45, 2.75) is 12.0 Å². The van der Waals surface area contributed by atoms with Gasteiger partial charge in [0.2, 0.25) is 5.91 Å². The van der Waals surface area contributed by atoms with E-state index in [2.05, 4.69) is 33.6 Å². The number of aldehydes is 1. The molecule has 1 N–H and O–H groups in total. The van der Waals surface area contributed by atoms with Crippen LogP contribution >= 0.6 is 0 Å². The Morgan fingerprint density at radius 2 is 2.07 bits per heavy atom. The first-order valence-corrected chi connectivity index (χ1v) is 9.62. The van der Waals surface area contributed by atoms with E-state index < -0.39 is 0 Å². The van der Waals surface area contributed by atoms with Crippen molar-refractivity contribution < 1.29 is 14.3 Å². The largest absolute Gasteiger partial charge is 0.324 e. The van der Waals surface area contributed by atoms with Gasteiger partial charge in [-0.05, 0) is 23.3 Å². The van der Waals surface area contributed by atoms with Gasteiger partial charge in [0.25, 0.3) is 11.3 Å². The number of aromatic nitrogens is 1. The summed E-state index contributed by atoms with van der Waals surface area (Å²) in [6.07, 6.45) is 11.0. The first-order chi connectivity index (χ1) is 14.2. The summed E-state index contributed by atoms with van der Waals surface area (Å²) in [7, 11) is 0. The fourth-order valence-electron chi connectivity index (χ4n) is 4.79. The summed E-state index contributed by atoms with van der Waals surface area (Å²) in [5.41, 5.74) is 5.40. The van der Waals surface area contributed by atoms with Crippen LogP contribution in [0, 0.1) is 11.8 Å². The number of hydrazone groups is 1. The van der Waals surface area contributed by atoms with Gasteiger partial charge in [-0.2, -0.15) is 0 Å². The van der Waals surface area contributed by atoms with E-state index in [9.17, 15) is 9.59 Å². The molecule has 1 amide bonds. The summed E-state index contributed by atoms with van der Waals surface area (Å²) in [5.74, 6) is 0.378. The highest BCUT2D eigenvalue weighted by atomic mass is 16.1. The molecule has 3 unspecified atom stereocenters. The van der Waals surface area contributed by atoms with E-state index in [0.717, 1.165) is 23.0 Å². The molecule has 3 atom stereocenters. The van der Waals surface area contributed by atoms with Gasteiger partial charge in [-0.3, -0.25) is 14.6 Å². The van der Waals surface area contributed by atoms with E-state index in [4.69, 9.17) is 0 Å². The molecule has 1 aromatic carbocycles. The van der Waals surface area contributed by atoms with Crippen LogP contribution in [-0.4, -0.2) is 38.8 Å². The molecule has 0 bridgehead atoms. The van der Waals surface area contributed by atoms with Crippen molar-refractivity contribution >= 4 is 34.9 Å². The highest BCUT2D eigenvalue weighted by molar-refractivity contribution is 6.35. The number of benzene rings is 1. The van der Waals surface area contributed by atoms with Gasteiger partial charge in [-0.1, -0.05) is 41.1 Å². The molecule has 1 fully saturated rings. The molecule has 1 spiro atoms. The van der Waals surface area contributed by atoms with Crippen molar-refractivity contribution in [1.29, 1.82) is 0 Å². The van der Waals surface area contributed by atoms with Gasteiger partial charge in [0.15, 0.2) is 12.0 Å². The van der Waals surface area contributed by atoms with E-state index in [0.29, 0.717) is 17.8 Å². The summed E-state index contributed by atoms with van der Waals surface area (Å²) in [6.45, 7) is 0. The predicted octanol–water partition coefficient (Wildman–Crippen LogP) is 2.24. The number of rotatable bonds is 5. The number of hydrogen-bond donors (Lipinski definition) is 1. The Kier molecular flexibility index (Phi) is 3.19. The summed E-state index contributed by atoms with van der Waals surface area (Å²) in [6, 6.07) is 11.6. The van der Waals surface area contributed by atoms with E-state index in [1.807, 2.05) is 41.1 Å². The Bertz CT molecular complexity index is 1210. The Labute approximate surface area is 167 Å². The summed E-state index contributed by atoms with van der Waals surface area (Å²) < 4.78 is 1.98. The lowest BCUT2D eigenvalue weighted by molar-refractivity contribution is -0.483. The molecule has 2 aromatic rings. The van der Waals surface area contributed by atoms with Crippen LogP contribution in [0.1, 0.15) is 11.1 Å². The van der Waals surface area contributed by atoms with Crippen molar-refractivity contribution in [2.24, 2.45) is 16.9 Å². The van der Waals surface area contributed by atoms with Crippen molar-refractivity contribution in [3.8, 4) is 0 Å². The molecule has 6 nitrogen and oxygen atoms in total. The smallest absolute Gasteiger partial charge is 0.295 e. The molecular formula is C23H17N4O2+. The number of nitrogens with zero attached hydrogens (tertiary/aromatic N) is 3. The lowest BCUT2D eigenvalue weighted by Crippen LogP contribution is -2.14. The van der Waals surface area contributed by atoms with Crippen LogP contribution in [0.4, 0.5) is 5.69 Å². The highest BCUT2D eigenvalue weighted by Crippen LogP contribution is 2.67. The van der Waals surface area contributed by atoms with Crippen LogP contribution in [0.2, 0.25) is 0 Å². The molecule has 6 rings (SSSR count). The molecule has 1 saturated carbocycles. The molecule has 0 radical (unpaired) electrons. The Morgan fingerprint density at radius 1 is 1.21 bits per heavy atom. The third kappa shape index (κ3) is 2.26. The van der Waals surface area contributed by atoms with Gasteiger partial charge < -0.3 is 5.32 Å². The second-order valence-corrected chi connectivity index (χ2v) is 7.80. The second kappa shape index (κ2) is 5.67. The number of nitrogens with one attached hydrogen (secondary N) is 1. The monoisotopic (exact) mass is 381 g/mol. The zero-order valence-electron chi connectivity index (χ0n) is 15.4. The molecule has 1 aromatic heterocycles. The van der Waals surface area contributed by atoms with Crippen LogP contribution in [0.5, 0.6) is 0 Å². The number of pyridine rings is 1. The quantitative estimate of drug-likeness (QED) is 0.638. The van der Waals surface area contributed by atoms with E-state index in [1.165, 1.54) is 5.71 Å². The number of amides is 1. The zero-order chi connectivity index (χ0) is 19.6. The van der Waals surface area contributed by atoms with Crippen LogP contribution in [0.25, 0.3) is 5.57 Å². The van der Waals surface area contributed by atoms with E-state index in [-0.39, 0.29) is 23.3 Å². The third-order valence-corrected chi connectivity index (χ3v) is 6.17. The Hall–Kier alpha value is -3.67. The molecular weight excluding hydrogens is 364 g/mol. The van der Waals surface area contributed by atoms with Gasteiger partial charge in [-0.25, -0.2) is 0 Å². The summed E-state index contributed by atoms with van der Waals surface area (Å²) in [4.78, 5) is 27.9. The predicted molar refractivity (Wildman–Crippen MR) is 109 cm³/mol. The lowest BCUT2D eigenvalue weighted by atomic mass is 10.0. The molecule has 4 aliphatic rings. The third-order valence-electron chi connectivity index (χ3n) is 6.17. The maximum atomic E-state index is 12.4. The zero-order valence-corrected chi connectivity index (χ0v) is 15.4. The standard InChI is InChI=1S/C23H16N4O2/c28-13-19-22-18-10-15(6-7-20-23(18,22)27(20)26-19)16-9-17(12-24-11-16)25-21(29)8-14-4-2-1-3-5-14/h1-7,9-13,18,22H,8H2/p+1. The second-order valence-electron chi connectivity index (χ2n) is 7.80. The number of anilines is 1. The Balaban J connectivity index is 1.23. The fraction of sp³-hybridized carbons (Fsp3) is 0.174. The first-order valence-electron chi connectivity index (χ1n) is 9.62. The van der Waals surface area contributed by atoms with Gasteiger partial charge >= 0.3 is 0 Å². The summed E-state index contributed by atoms with van der Waals surface area (Å²) in [5, 5.41) is 7.31. The maximum Gasteiger partial charge on any atom is 0.295 e. The molecule has 2 aliphatic carbocycles. The minimum absolute atomic E-state index is 0.0660. The topological polar surface area (TPSA) is 74.4 Å². The highest BCUT2D eigenvalue weighted by Gasteiger charge is 2.94. The van der Waals surface area contributed by atoms with Crippen molar-refractivity contribution in [2.75, 3.05) is 5.32 Å². The minimum atomic E-state index is -0.0737. The number of carbonyl (C=O) groups is 2. The minimum Gasteiger partial charge on any atom is -0.324 e. The molecule has 0 saturated heterocycles. The van der Waals surface area contributed by atoms with E-state index >= 15 is 0 Å². The average molecular weight is 381 g/mol. The molecule has 140 valence electrons. The van der Waals surface area contributed by atoms with Crippen molar-refractivity contribution in [1.82, 2.24) is 4.98 Å². The number of fused-ring (bicyclic) bond motifs is 1. The summed E-state index contributed by atoms with van der Waals surface area (Å²) >= 11 is 0. The molecule has 29 heavy (non-hydrogen) atoms. The number of carbonyl (C=O) groups excluding carboxylic acids is 2. The SMILES string of the molecule is O=CC1=N[N+]2=C3C=CC(c4cncc(NC(=O)Cc5ccccc5)c4)=CC4C1C342. The van der Waals surface area contributed by atoms with E-state index in [1.54, 1.807) is 12.4 Å². The normalized spacial score (nSPS) is 27.3. The average Bonchev–Trinajstić information content (AvgIpc) is 3.55. The number of allylic oxidation sites excluding steroid dienone is 2. The maximum absolute atomic E-state index is 12.4. The first kappa shape index (κ1) is 16.3. The fourth-order valence-corrected chi connectivity index (χ4v) is 4.79. The van der Waals surface area contributed by atoms with Crippen LogP contribution in [-0.2, 0) is 16.0 Å². The Morgan fingerprint density at radius 3 is 2.90 bits per heavy atom.